The molecule has 0 bridgehead atoms. The van der Waals surface area contributed by atoms with Crippen LogP contribution in [0.1, 0.15) is 0 Å². The maximum Gasteiger partial charge on any atom is 0.280 e. The van der Waals surface area contributed by atoms with Crippen LogP contribution in [0.15, 0.2) is 13.2 Å². The molecule has 0 amide bonds. The van der Waals surface area contributed by atoms with Crippen molar-refractivity contribution < 1.29 is 0 Å². The predicted molar refractivity (Wildman–Crippen MR) is 26.8 cm³/mol. The topological polar surface area (TPSA) is 52.0 Å². The normalized spacial score (nSPS) is 3.60. The Morgan fingerprint density at radius 1 is 1.20 bits per heavy atom. The molecule has 0 aromatic heterocycles. The molecular formula is C2H9BN2. The van der Waals surface area contributed by atoms with Crippen molar-refractivity contribution in [3.05, 3.63) is 13.2 Å². The first-order chi connectivity index (χ1) is 2.41. The summed E-state index contributed by atoms with van der Waals surface area (Å²) in [5.41, 5.74) is 9.25. The van der Waals surface area contributed by atoms with E-state index in [0.717, 1.165) is 0 Å². The highest BCUT2D eigenvalue weighted by Crippen LogP contribution is 0.862. The zero-order chi connectivity index (χ0) is 4.71. The fraction of sp³-hybridized carbons (Fsp3) is 0. The average Bonchev–Trinajstić information content (AvgIpc) is 1.46. The Hall–Kier alpha value is -0.275. The smallest absolute Gasteiger partial charge is 0.280 e. The molecule has 0 saturated heterocycles. The number of hydrogen-bond acceptors (Lipinski definition) is 2. The largest absolute Gasteiger partial charge is 0.359 e. The third-order valence-electron chi connectivity index (χ3n) is 0. The molecule has 0 aliphatic heterocycles. The van der Waals surface area contributed by atoms with Crippen molar-refractivity contribution in [3.63, 3.8) is 0 Å². The first kappa shape index (κ1) is 8.83. The van der Waals surface area contributed by atoms with Crippen molar-refractivity contribution in [2.45, 2.75) is 0 Å². The van der Waals surface area contributed by atoms with Crippen molar-refractivity contribution in [2.24, 2.45) is 11.3 Å². The molecule has 0 radical (unpaired) electrons. The molecule has 30 valence electrons. The molecule has 0 atom stereocenters. The van der Waals surface area contributed by atoms with E-state index in [1.165, 1.54) is 0 Å². The lowest BCUT2D eigenvalue weighted by atomic mass is 10.3. The SMILES string of the molecule is C=C.NBN. The lowest BCUT2D eigenvalue weighted by Gasteiger charge is -1.49. The first-order valence-corrected chi connectivity index (χ1v) is 1.32. The van der Waals surface area contributed by atoms with Crippen LogP contribution in [-0.4, -0.2) is 7.55 Å². The molecule has 4 N–H and O–H groups in total. The van der Waals surface area contributed by atoms with E-state index < -0.39 is 0 Å². The Balaban J connectivity index is 0. The van der Waals surface area contributed by atoms with Crippen molar-refractivity contribution in [1.82, 2.24) is 0 Å². The minimum atomic E-state index is 0.250. The van der Waals surface area contributed by atoms with E-state index >= 15 is 0 Å². The van der Waals surface area contributed by atoms with Gasteiger partial charge in [0.1, 0.15) is 0 Å². The van der Waals surface area contributed by atoms with Crippen LogP contribution in [0.4, 0.5) is 0 Å². The van der Waals surface area contributed by atoms with E-state index in [2.05, 4.69) is 24.4 Å². The number of nitrogens with two attached hydrogens (primary N) is 2. The molecule has 3 heteroatoms. The number of hydrogen-bond donors (Lipinski definition) is 2. The fourth-order valence-corrected chi connectivity index (χ4v) is 0. The van der Waals surface area contributed by atoms with Crippen LogP contribution in [0.3, 0.4) is 0 Å². The van der Waals surface area contributed by atoms with Crippen LogP contribution < -0.4 is 11.3 Å². The van der Waals surface area contributed by atoms with Gasteiger partial charge in [0.05, 0.1) is 0 Å². The molecule has 0 aliphatic carbocycles. The van der Waals surface area contributed by atoms with Crippen molar-refractivity contribution >= 4 is 7.55 Å². The molecule has 0 aromatic rings. The Labute approximate surface area is 33.1 Å². The van der Waals surface area contributed by atoms with Gasteiger partial charge in [-0.2, -0.15) is 0 Å². The second-order valence-corrected chi connectivity index (χ2v) is 0.236. The van der Waals surface area contributed by atoms with Gasteiger partial charge in [-0.3, -0.25) is 0 Å². The van der Waals surface area contributed by atoms with Gasteiger partial charge in [-0.25, -0.2) is 0 Å². The highest BCUT2D eigenvalue weighted by Gasteiger charge is 1.41. The summed E-state index contributed by atoms with van der Waals surface area (Å²) in [6.07, 6.45) is 0. The van der Waals surface area contributed by atoms with Crippen LogP contribution in [0, 0.1) is 0 Å². The molecule has 2 nitrogen and oxygen atoms in total. The molecule has 0 unspecified atom stereocenters. The van der Waals surface area contributed by atoms with Crippen molar-refractivity contribution in [1.29, 1.82) is 0 Å². The van der Waals surface area contributed by atoms with Gasteiger partial charge in [-0.05, 0) is 0 Å². The quantitative estimate of drug-likeness (QED) is 0.284. The van der Waals surface area contributed by atoms with Crippen LogP contribution in [0.2, 0.25) is 0 Å². The van der Waals surface area contributed by atoms with Crippen LogP contribution in [0.5, 0.6) is 0 Å². The van der Waals surface area contributed by atoms with Crippen molar-refractivity contribution in [3.8, 4) is 0 Å². The van der Waals surface area contributed by atoms with Gasteiger partial charge in [-0.1, -0.05) is 0 Å². The highest BCUT2D eigenvalue weighted by molar-refractivity contribution is 6.26. The molecule has 5 heavy (non-hydrogen) atoms. The molecular weight excluding hydrogens is 62.8 g/mol. The van der Waals surface area contributed by atoms with Crippen LogP contribution >= 0.6 is 0 Å². The Bertz CT molecular complexity index is 11.6. The summed E-state index contributed by atoms with van der Waals surface area (Å²) in [6, 6.07) is 0. The summed E-state index contributed by atoms with van der Waals surface area (Å²) in [5, 5.41) is 0. The maximum absolute atomic E-state index is 4.62. The molecule has 0 spiro atoms. The summed E-state index contributed by atoms with van der Waals surface area (Å²) in [4.78, 5) is 0. The van der Waals surface area contributed by atoms with Gasteiger partial charge in [0.15, 0.2) is 0 Å². The fourth-order valence-electron chi connectivity index (χ4n) is 0. The Kier molecular flexibility index (Phi) is 92.9. The van der Waals surface area contributed by atoms with Gasteiger partial charge in [0.25, 0.3) is 7.55 Å². The standard InChI is InChI=1S/C2H4.BH5N2/c1-2;2-1-3/h1-2H2;1H,2-3H2. The molecule has 0 fully saturated rings. The van der Waals surface area contributed by atoms with Gasteiger partial charge in [-0.15, -0.1) is 13.2 Å². The monoisotopic (exact) mass is 72.1 g/mol. The minimum absolute atomic E-state index is 0.250. The zero-order valence-electron chi connectivity index (χ0n) is 3.28. The molecule has 0 aliphatic rings. The van der Waals surface area contributed by atoms with E-state index in [-0.39, 0.29) is 7.55 Å². The molecule has 0 saturated carbocycles. The van der Waals surface area contributed by atoms with Gasteiger partial charge in [0.2, 0.25) is 0 Å². The lowest BCUT2D eigenvalue weighted by Crippen LogP contribution is -2.15. The van der Waals surface area contributed by atoms with Crippen molar-refractivity contribution in [2.75, 3.05) is 0 Å². The summed E-state index contributed by atoms with van der Waals surface area (Å²) >= 11 is 0. The third kappa shape index (κ3) is 146. The van der Waals surface area contributed by atoms with Crippen LogP contribution in [0.25, 0.3) is 0 Å². The van der Waals surface area contributed by atoms with Crippen LogP contribution in [-0.2, 0) is 0 Å². The van der Waals surface area contributed by atoms with Gasteiger partial charge < -0.3 is 11.3 Å². The maximum atomic E-state index is 4.62. The van der Waals surface area contributed by atoms with E-state index in [9.17, 15) is 0 Å². The van der Waals surface area contributed by atoms with Gasteiger partial charge in [0, 0.05) is 0 Å². The highest BCUT2D eigenvalue weighted by atomic mass is 14.5. The molecule has 0 rings (SSSR count). The second-order valence-electron chi connectivity index (χ2n) is 0.236. The van der Waals surface area contributed by atoms with E-state index in [4.69, 9.17) is 0 Å². The van der Waals surface area contributed by atoms with E-state index in [1.807, 2.05) is 0 Å². The lowest BCUT2D eigenvalue weighted by molar-refractivity contribution is 1.76. The zero-order valence-corrected chi connectivity index (χ0v) is 3.28. The molecule has 0 heterocycles. The van der Waals surface area contributed by atoms with Gasteiger partial charge >= 0.3 is 0 Å². The average molecular weight is 71.9 g/mol. The summed E-state index contributed by atoms with van der Waals surface area (Å²) < 4.78 is 0. The predicted octanol–water partition coefficient (Wildman–Crippen LogP) is -1.03. The minimum Gasteiger partial charge on any atom is -0.359 e. The first-order valence-electron chi connectivity index (χ1n) is 1.32. The molecule has 0 aromatic carbocycles. The second kappa shape index (κ2) is 52.6. The van der Waals surface area contributed by atoms with E-state index in [0.29, 0.717) is 0 Å². The third-order valence-corrected chi connectivity index (χ3v) is 0. The number of rotatable bonds is 0. The summed E-state index contributed by atoms with van der Waals surface area (Å²) in [7, 11) is 0.250. The summed E-state index contributed by atoms with van der Waals surface area (Å²) in [5.74, 6) is 0. The Morgan fingerprint density at radius 3 is 1.20 bits per heavy atom. The van der Waals surface area contributed by atoms with E-state index in [1.54, 1.807) is 0 Å². The Morgan fingerprint density at radius 2 is 1.20 bits per heavy atom. The summed E-state index contributed by atoms with van der Waals surface area (Å²) in [6.45, 7) is 6.00.